The summed E-state index contributed by atoms with van der Waals surface area (Å²) in [7, 11) is -3.69. The van der Waals surface area contributed by atoms with Gasteiger partial charge in [-0.25, -0.2) is 18.2 Å². The predicted molar refractivity (Wildman–Crippen MR) is 150 cm³/mol. The average molecular weight is 604 g/mol. The quantitative estimate of drug-likeness (QED) is 0.175. The molecule has 0 aliphatic rings. The molecule has 234 valence electrons. The molecule has 0 saturated heterocycles. The number of rotatable bonds is 16. The minimum absolute atomic E-state index is 0.0484. The summed E-state index contributed by atoms with van der Waals surface area (Å²) in [5, 5.41) is 20.6. The molecule has 0 saturated carbocycles. The second kappa shape index (κ2) is 16.3. The summed E-state index contributed by atoms with van der Waals surface area (Å²) in [6, 6.07) is -2.25. The molecule has 0 spiro atoms. The first-order chi connectivity index (χ1) is 18.9. The van der Waals surface area contributed by atoms with E-state index in [1.807, 2.05) is 27.7 Å². The topological polar surface area (TPSA) is 206 Å². The number of oxazole rings is 1. The molecule has 5 N–H and O–H groups in total. The van der Waals surface area contributed by atoms with E-state index in [9.17, 15) is 32.7 Å². The van der Waals surface area contributed by atoms with E-state index in [1.54, 1.807) is 20.8 Å². The van der Waals surface area contributed by atoms with Crippen molar-refractivity contribution in [1.29, 1.82) is 0 Å². The van der Waals surface area contributed by atoms with Gasteiger partial charge in [0, 0.05) is 32.2 Å². The van der Waals surface area contributed by atoms with Gasteiger partial charge < -0.3 is 35.5 Å². The van der Waals surface area contributed by atoms with Crippen molar-refractivity contribution in [3.05, 3.63) is 17.3 Å². The standard InChI is InChI=1S/C26H45N5O9S/c1-14(2)10-27-25(35)22(15(3)4)31-23(33)16(5)9-19(32)11-28-24(34)21(13-41(8,37)38)30-26(36)39-12-20-17(6)40-18(7)29-20/h14-16,19,21-22,32H,9-13H2,1-8H3,(H,27,35)(H,28,34)(H,30,36)(H,31,33)/t16-,19+,21+,22-/m1/s1. The molecule has 0 radical (unpaired) electrons. The van der Waals surface area contributed by atoms with Crippen molar-refractivity contribution in [3.63, 3.8) is 0 Å². The fraction of sp³-hybridized carbons (Fsp3) is 0.731. The highest BCUT2D eigenvalue weighted by Crippen LogP contribution is 2.11. The number of nitrogens with zero attached hydrogens (tertiary/aromatic N) is 1. The minimum Gasteiger partial charge on any atom is -0.446 e. The zero-order valence-electron chi connectivity index (χ0n) is 25.1. The lowest BCUT2D eigenvalue weighted by atomic mass is 9.99. The molecule has 4 amide bonds. The van der Waals surface area contributed by atoms with Crippen LogP contribution in [0.2, 0.25) is 0 Å². The third kappa shape index (κ3) is 13.8. The molecule has 41 heavy (non-hydrogen) atoms. The number of hydrogen-bond donors (Lipinski definition) is 5. The minimum atomic E-state index is -3.69. The number of ether oxygens (including phenoxy) is 1. The maximum Gasteiger partial charge on any atom is 0.408 e. The highest BCUT2D eigenvalue weighted by Gasteiger charge is 2.29. The van der Waals surface area contributed by atoms with Gasteiger partial charge in [-0.1, -0.05) is 34.6 Å². The Hall–Kier alpha value is -3.20. The zero-order valence-corrected chi connectivity index (χ0v) is 25.9. The number of aliphatic hydroxyl groups excluding tert-OH is 1. The van der Waals surface area contributed by atoms with Gasteiger partial charge in [0.1, 0.15) is 40.0 Å². The van der Waals surface area contributed by atoms with Crippen molar-refractivity contribution >= 4 is 33.7 Å². The molecule has 0 aliphatic heterocycles. The van der Waals surface area contributed by atoms with Crippen LogP contribution in [0.25, 0.3) is 0 Å². The van der Waals surface area contributed by atoms with E-state index in [4.69, 9.17) is 9.15 Å². The van der Waals surface area contributed by atoms with Crippen molar-refractivity contribution in [2.45, 2.75) is 79.7 Å². The van der Waals surface area contributed by atoms with Crippen molar-refractivity contribution < 1.29 is 41.9 Å². The molecule has 0 aliphatic carbocycles. The number of nitrogens with one attached hydrogen (secondary N) is 4. The third-order valence-corrected chi connectivity index (χ3v) is 6.87. The molecule has 1 aromatic rings. The van der Waals surface area contributed by atoms with Crippen LogP contribution in [0, 0.1) is 31.6 Å². The first-order valence-corrected chi connectivity index (χ1v) is 15.5. The number of aryl methyl sites for hydroxylation is 2. The maximum atomic E-state index is 12.7. The van der Waals surface area contributed by atoms with Crippen LogP contribution in [0.1, 0.15) is 58.4 Å². The van der Waals surface area contributed by atoms with Crippen molar-refractivity contribution in [2.75, 3.05) is 25.1 Å². The van der Waals surface area contributed by atoms with Gasteiger partial charge in [-0.15, -0.1) is 0 Å². The van der Waals surface area contributed by atoms with Gasteiger partial charge in [0.2, 0.25) is 17.7 Å². The van der Waals surface area contributed by atoms with Gasteiger partial charge in [0.25, 0.3) is 0 Å². The van der Waals surface area contributed by atoms with Crippen LogP contribution in [0.5, 0.6) is 0 Å². The van der Waals surface area contributed by atoms with Crippen LogP contribution < -0.4 is 21.3 Å². The van der Waals surface area contributed by atoms with Crippen molar-refractivity contribution in [1.82, 2.24) is 26.3 Å². The molecule has 1 heterocycles. The summed E-state index contributed by atoms with van der Waals surface area (Å²) in [5.41, 5.74) is 0.374. The molecule has 14 nitrogen and oxygen atoms in total. The van der Waals surface area contributed by atoms with E-state index in [-0.39, 0.29) is 37.3 Å². The molecule has 1 rings (SSSR count). The number of aliphatic hydroxyl groups is 1. The Morgan fingerprint density at radius 3 is 2.07 bits per heavy atom. The molecular formula is C26H45N5O9S. The van der Waals surface area contributed by atoms with Crippen LogP contribution in [0.3, 0.4) is 0 Å². The monoisotopic (exact) mass is 603 g/mol. The van der Waals surface area contributed by atoms with Crippen LogP contribution >= 0.6 is 0 Å². The van der Waals surface area contributed by atoms with Gasteiger partial charge in [0.05, 0.1) is 11.9 Å². The second-order valence-electron chi connectivity index (χ2n) is 11.0. The number of sulfone groups is 1. The van der Waals surface area contributed by atoms with E-state index < -0.39 is 57.6 Å². The Morgan fingerprint density at radius 1 is 0.951 bits per heavy atom. The van der Waals surface area contributed by atoms with E-state index in [1.165, 1.54) is 0 Å². The lowest BCUT2D eigenvalue weighted by Crippen LogP contribution is -2.52. The average Bonchev–Trinajstić information content (AvgIpc) is 3.17. The first kappa shape index (κ1) is 35.8. The van der Waals surface area contributed by atoms with Gasteiger partial charge >= 0.3 is 6.09 Å². The second-order valence-corrected chi connectivity index (χ2v) is 13.2. The van der Waals surface area contributed by atoms with Crippen molar-refractivity contribution in [2.24, 2.45) is 17.8 Å². The third-order valence-electron chi connectivity index (χ3n) is 5.93. The molecule has 0 fully saturated rings. The number of carbonyl (C=O) groups is 4. The Morgan fingerprint density at radius 2 is 1.56 bits per heavy atom. The van der Waals surface area contributed by atoms with Crippen LogP contribution in [0.15, 0.2) is 4.42 Å². The van der Waals surface area contributed by atoms with Crippen LogP contribution in [0.4, 0.5) is 4.79 Å². The van der Waals surface area contributed by atoms with E-state index >= 15 is 0 Å². The van der Waals surface area contributed by atoms with Crippen molar-refractivity contribution in [3.8, 4) is 0 Å². The van der Waals surface area contributed by atoms with E-state index in [0.717, 1.165) is 6.26 Å². The number of alkyl carbamates (subject to hydrolysis) is 1. The molecule has 0 unspecified atom stereocenters. The Kier molecular flexibility index (Phi) is 14.2. The summed E-state index contributed by atoms with van der Waals surface area (Å²) in [5.74, 6) is -2.10. The lowest BCUT2D eigenvalue weighted by molar-refractivity contribution is -0.132. The summed E-state index contributed by atoms with van der Waals surface area (Å²) >= 11 is 0. The van der Waals surface area contributed by atoms with Gasteiger partial charge in [-0.05, 0) is 25.2 Å². The SMILES string of the molecule is Cc1nc(COC(=O)N[C@@H](CS(C)(=O)=O)C(=O)NC[C@@H](O)C[C@@H](C)C(=O)N[C@@H](C(=O)NCC(C)C)C(C)C)c(C)o1. The molecule has 4 atom stereocenters. The number of amides is 4. The number of hydrogen-bond acceptors (Lipinski definition) is 10. The Bertz CT molecular complexity index is 1150. The molecule has 0 aromatic carbocycles. The highest BCUT2D eigenvalue weighted by atomic mass is 32.2. The van der Waals surface area contributed by atoms with Gasteiger partial charge in [0.15, 0.2) is 5.89 Å². The fourth-order valence-corrected chi connectivity index (χ4v) is 4.53. The van der Waals surface area contributed by atoms with E-state index in [2.05, 4.69) is 26.3 Å². The molecular weight excluding hydrogens is 558 g/mol. The summed E-state index contributed by atoms with van der Waals surface area (Å²) in [4.78, 5) is 54.3. The lowest BCUT2D eigenvalue weighted by Gasteiger charge is -2.25. The zero-order chi connectivity index (χ0) is 31.5. The van der Waals surface area contributed by atoms with Gasteiger partial charge in [-0.2, -0.15) is 0 Å². The smallest absolute Gasteiger partial charge is 0.408 e. The predicted octanol–water partition coefficient (Wildman–Crippen LogP) is 0.347. The highest BCUT2D eigenvalue weighted by molar-refractivity contribution is 7.90. The fourth-order valence-electron chi connectivity index (χ4n) is 3.69. The summed E-state index contributed by atoms with van der Waals surface area (Å²) in [6.45, 7) is 12.3. The van der Waals surface area contributed by atoms with Gasteiger partial charge in [-0.3, -0.25) is 14.4 Å². The summed E-state index contributed by atoms with van der Waals surface area (Å²) in [6.07, 6.45) is -1.36. The number of carbonyl (C=O) groups excluding carboxylic acids is 4. The van der Waals surface area contributed by atoms with E-state index in [0.29, 0.717) is 23.9 Å². The number of aromatic nitrogens is 1. The van der Waals surface area contributed by atoms with Crippen LogP contribution in [-0.2, 0) is 35.6 Å². The van der Waals surface area contributed by atoms with Crippen LogP contribution in [-0.4, -0.2) is 85.6 Å². The normalized spacial score (nSPS) is 14.6. The Balaban J connectivity index is 2.68. The molecule has 0 bridgehead atoms. The largest absolute Gasteiger partial charge is 0.446 e. The molecule has 15 heteroatoms. The summed E-state index contributed by atoms with van der Waals surface area (Å²) < 4.78 is 34.0. The maximum absolute atomic E-state index is 12.7. The molecule has 1 aromatic heterocycles. The first-order valence-electron chi connectivity index (χ1n) is 13.5. The Labute approximate surface area is 241 Å².